The van der Waals surface area contributed by atoms with E-state index in [1.54, 1.807) is 37.4 Å². The van der Waals surface area contributed by atoms with Gasteiger partial charge >= 0.3 is 0 Å². The van der Waals surface area contributed by atoms with E-state index in [0.29, 0.717) is 46.6 Å². The van der Waals surface area contributed by atoms with Gasteiger partial charge in [-0.15, -0.1) is 0 Å². The van der Waals surface area contributed by atoms with Crippen LogP contribution in [0.5, 0.6) is 5.75 Å². The Bertz CT molecular complexity index is 1230. The van der Waals surface area contributed by atoms with Crippen molar-refractivity contribution < 1.29 is 17.9 Å². The molecule has 0 unspecified atom stereocenters. The number of ketones is 1. The maximum Gasteiger partial charge on any atom is 0.177 e. The molecule has 0 saturated carbocycles. The van der Waals surface area contributed by atoms with E-state index in [1.165, 1.54) is 6.26 Å². The van der Waals surface area contributed by atoms with Crippen LogP contribution in [-0.2, 0) is 9.84 Å². The number of Topliss-reactive ketones (excluding diaryl/α,β-unsaturated/α-hetero) is 1. The molecule has 0 fully saturated rings. The molecule has 1 heterocycles. The van der Waals surface area contributed by atoms with Crippen molar-refractivity contribution in [1.29, 1.82) is 0 Å². The molecule has 1 aromatic heterocycles. The first-order valence-electron chi connectivity index (χ1n) is 11.1. The second kappa shape index (κ2) is 11.5. The molecule has 8 heteroatoms. The number of thioether (sulfide) groups is 1. The lowest BCUT2D eigenvalue weighted by atomic mass is 10.0. The van der Waals surface area contributed by atoms with Crippen LogP contribution in [0.1, 0.15) is 43.5 Å². The van der Waals surface area contributed by atoms with Crippen LogP contribution in [0, 0.1) is 0 Å². The lowest BCUT2D eigenvalue weighted by Crippen LogP contribution is -2.08. The second-order valence-corrected chi connectivity index (χ2v) is 10.9. The summed E-state index contributed by atoms with van der Waals surface area (Å²) in [4.78, 5) is 17.4. The van der Waals surface area contributed by atoms with Gasteiger partial charge in [0.15, 0.2) is 15.6 Å². The van der Waals surface area contributed by atoms with Crippen molar-refractivity contribution in [2.24, 2.45) is 0 Å². The van der Waals surface area contributed by atoms with Gasteiger partial charge in [0.2, 0.25) is 0 Å². The number of hydrogen-bond acceptors (Lipinski definition) is 7. The number of fused-ring (bicyclic) bond motifs is 1. The lowest BCUT2D eigenvalue weighted by molar-refractivity contribution is 0.0988. The third-order valence-electron chi connectivity index (χ3n) is 5.07. The number of nitrogens with one attached hydrogen (secondary N) is 1. The summed E-state index contributed by atoms with van der Waals surface area (Å²) < 4.78 is 30.6. The fraction of sp³-hybridized carbons (Fsp3) is 0.360. The molecule has 0 amide bonds. The maximum atomic E-state index is 12.7. The molecule has 6 nitrogen and oxygen atoms in total. The molecule has 0 aliphatic carbocycles. The summed E-state index contributed by atoms with van der Waals surface area (Å²) in [6.07, 6.45) is 5.11. The molecule has 3 rings (SSSR count). The number of sulfone groups is 1. The number of benzene rings is 2. The van der Waals surface area contributed by atoms with Gasteiger partial charge in [-0.05, 0) is 42.5 Å². The van der Waals surface area contributed by atoms with Gasteiger partial charge < -0.3 is 10.1 Å². The molecular weight excluding hydrogens is 456 g/mol. The van der Waals surface area contributed by atoms with Crippen molar-refractivity contribution in [3.8, 4) is 5.75 Å². The normalized spacial score (nSPS) is 11.5. The number of ether oxygens (including phenoxy) is 1. The molecule has 176 valence electrons. The topological polar surface area (TPSA) is 85.4 Å². The maximum absolute atomic E-state index is 12.7. The highest BCUT2D eigenvalue weighted by Gasteiger charge is 2.19. The summed E-state index contributed by atoms with van der Waals surface area (Å²) in [5.41, 5.74) is 2.00. The minimum atomic E-state index is -3.47. The van der Waals surface area contributed by atoms with Crippen molar-refractivity contribution in [3.05, 3.63) is 54.2 Å². The molecular formula is C25H30N2O4S2. The fourth-order valence-corrected chi connectivity index (χ4v) is 5.13. The number of aromatic nitrogens is 1. The first kappa shape index (κ1) is 25.1. The lowest BCUT2D eigenvalue weighted by Gasteiger charge is -2.17. The number of anilines is 2. The van der Waals surface area contributed by atoms with E-state index in [2.05, 4.69) is 17.2 Å². The van der Waals surface area contributed by atoms with Gasteiger partial charge in [-0.2, -0.15) is 11.8 Å². The van der Waals surface area contributed by atoms with Gasteiger partial charge in [0, 0.05) is 24.3 Å². The smallest absolute Gasteiger partial charge is 0.177 e. The van der Waals surface area contributed by atoms with Crippen LogP contribution < -0.4 is 10.1 Å². The number of hydrogen-bond donors (Lipinski definition) is 1. The van der Waals surface area contributed by atoms with Crippen LogP contribution in [0.15, 0.2) is 53.6 Å². The fourth-order valence-electron chi connectivity index (χ4n) is 3.47. The molecule has 0 saturated heterocycles. The third-order valence-corrected chi connectivity index (χ3v) is 7.50. The Morgan fingerprint density at radius 1 is 1.09 bits per heavy atom. The summed E-state index contributed by atoms with van der Waals surface area (Å²) in [7, 11) is -3.47. The van der Waals surface area contributed by atoms with Crippen molar-refractivity contribution in [2.75, 3.05) is 29.7 Å². The standard InChI is InChI=1S/C25H30N2O4S2/c1-4-15-32-16-9-14-31-22-12-8-10-18-24(19(21(28)5-2)17-26-25(18)22)27-20-11-6-7-13-23(20)33(3,29)30/h6-8,10-13,17H,4-5,9,14-16H2,1-3H3,(H,26,27). The number of nitrogens with zero attached hydrogens (tertiary/aromatic N) is 1. The van der Waals surface area contributed by atoms with Crippen LogP contribution in [-0.4, -0.2) is 43.6 Å². The number of carbonyl (C=O) groups excluding carboxylic acids is 1. The van der Waals surface area contributed by atoms with Gasteiger partial charge in [-0.1, -0.05) is 38.1 Å². The number of pyridine rings is 1. The quantitative estimate of drug-likeness (QED) is 0.252. The minimum Gasteiger partial charge on any atom is -0.491 e. The Labute approximate surface area is 200 Å². The molecule has 0 aliphatic heterocycles. The molecule has 3 aromatic rings. The van der Waals surface area contributed by atoms with Gasteiger partial charge in [-0.3, -0.25) is 9.78 Å². The highest BCUT2D eigenvalue weighted by atomic mass is 32.2. The van der Waals surface area contributed by atoms with E-state index in [4.69, 9.17) is 4.74 Å². The van der Waals surface area contributed by atoms with Crippen LogP contribution in [0.3, 0.4) is 0 Å². The van der Waals surface area contributed by atoms with Crippen LogP contribution in [0.25, 0.3) is 10.9 Å². The second-order valence-electron chi connectivity index (χ2n) is 7.68. The Morgan fingerprint density at radius 2 is 1.88 bits per heavy atom. The number of para-hydroxylation sites is 2. The highest BCUT2D eigenvalue weighted by Crippen LogP contribution is 2.35. The zero-order chi connectivity index (χ0) is 23.8. The van der Waals surface area contributed by atoms with Crippen molar-refractivity contribution in [1.82, 2.24) is 4.98 Å². The first-order valence-corrected chi connectivity index (χ1v) is 14.1. The van der Waals surface area contributed by atoms with E-state index in [9.17, 15) is 13.2 Å². The summed E-state index contributed by atoms with van der Waals surface area (Å²) in [5, 5.41) is 3.93. The van der Waals surface area contributed by atoms with E-state index in [0.717, 1.165) is 24.3 Å². The number of carbonyl (C=O) groups is 1. The van der Waals surface area contributed by atoms with Gasteiger partial charge in [-0.25, -0.2) is 8.42 Å². The Morgan fingerprint density at radius 3 is 2.61 bits per heavy atom. The van der Waals surface area contributed by atoms with E-state index < -0.39 is 9.84 Å². The SMILES string of the molecule is CCCSCCCOc1cccc2c(Nc3ccccc3S(C)(=O)=O)c(C(=O)CC)cnc12. The predicted molar refractivity (Wildman–Crippen MR) is 137 cm³/mol. The zero-order valence-electron chi connectivity index (χ0n) is 19.3. The molecule has 2 aromatic carbocycles. The molecule has 0 bridgehead atoms. The third kappa shape index (κ3) is 6.26. The first-order chi connectivity index (χ1) is 15.9. The minimum absolute atomic E-state index is 0.0805. The van der Waals surface area contributed by atoms with E-state index in [1.807, 2.05) is 30.0 Å². The van der Waals surface area contributed by atoms with E-state index in [-0.39, 0.29) is 10.7 Å². The molecule has 1 N–H and O–H groups in total. The Balaban J connectivity index is 2.01. The average Bonchev–Trinajstić information content (AvgIpc) is 2.80. The monoisotopic (exact) mass is 486 g/mol. The molecule has 0 spiro atoms. The molecule has 0 atom stereocenters. The van der Waals surface area contributed by atoms with Gasteiger partial charge in [0.25, 0.3) is 0 Å². The van der Waals surface area contributed by atoms with Crippen LogP contribution >= 0.6 is 11.8 Å². The number of rotatable bonds is 12. The van der Waals surface area contributed by atoms with Crippen LogP contribution in [0.4, 0.5) is 11.4 Å². The predicted octanol–water partition coefficient (Wildman–Crippen LogP) is 5.89. The largest absolute Gasteiger partial charge is 0.491 e. The van der Waals surface area contributed by atoms with Crippen molar-refractivity contribution >= 4 is 49.7 Å². The summed E-state index contributed by atoms with van der Waals surface area (Å²) >= 11 is 1.91. The van der Waals surface area contributed by atoms with Crippen LogP contribution in [0.2, 0.25) is 0 Å². The molecule has 33 heavy (non-hydrogen) atoms. The average molecular weight is 487 g/mol. The van der Waals surface area contributed by atoms with E-state index >= 15 is 0 Å². The van der Waals surface area contributed by atoms with Crippen molar-refractivity contribution in [3.63, 3.8) is 0 Å². The summed E-state index contributed by atoms with van der Waals surface area (Å²) in [6, 6.07) is 12.3. The van der Waals surface area contributed by atoms with Gasteiger partial charge in [0.05, 0.1) is 28.4 Å². The summed E-state index contributed by atoms with van der Waals surface area (Å²) in [6.45, 7) is 4.53. The molecule has 0 aliphatic rings. The van der Waals surface area contributed by atoms with Gasteiger partial charge in [0.1, 0.15) is 11.3 Å². The summed E-state index contributed by atoms with van der Waals surface area (Å²) in [5.74, 6) is 2.75. The molecule has 0 radical (unpaired) electrons. The zero-order valence-corrected chi connectivity index (χ0v) is 20.9. The highest BCUT2D eigenvalue weighted by molar-refractivity contribution is 7.99. The Kier molecular flexibility index (Phi) is 8.74. The Hall–Kier alpha value is -2.58. The van der Waals surface area contributed by atoms with Crippen molar-refractivity contribution in [2.45, 2.75) is 38.0 Å².